The molecule has 5 heteroatoms. The molecule has 4 atom stereocenters. The van der Waals surface area contributed by atoms with Gasteiger partial charge in [0.1, 0.15) is 0 Å². The number of likely N-dealkylation sites (N-methyl/N-ethyl adjacent to an activating group) is 1. The highest BCUT2D eigenvalue weighted by atomic mass is 16.2. The molecule has 0 aromatic heterocycles. The molecule has 0 spiro atoms. The molecule has 1 heterocycles. The molecule has 0 radical (unpaired) electrons. The van der Waals surface area contributed by atoms with Crippen LogP contribution in [-0.4, -0.2) is 73.3 Å². The van der Waals surface area contributed by atoms with Gasteiger partial charge in [-0.3, -0.25) is 9.59 Å². The van der Waals surface area contributed by atoms with Crippen LogP contribution in [0, 0.1) is 22.2 Å². The molecule has 26 heavy (non-hydrogen) atoms. The summed E-state index contributed by atoms with van der Waals surface area (Å²) in [6.07, 6.45) is 6.71. The Labute approximate surface area is 158 Å². The second-order valence-corrected chi connectivity index (χ2v) is 10.5. The van der Waals surface area contributed by atoms with E-state index in [0.717, 1.165) is 51.4 Å². The molecule has 5 fully saturated rings. The third kappa shape index (κ3) is 2.69. The topological polar surface area (TPSA) is 43.9 Å². The maximum Gasteiger partial charge on any atom is 0.242 e. The Bertz CT molecular complexity index is 620. The normalized spacial score (nSPS) is 42.0. The van der Waals surface area contributed by atoms with Crippen molar-refractivity contribution in [2.24, 2.45) is 22.2 Å². The first-order chi connectivity index (χ1) is 12.2. The summed E-state index contributed by atoms with van der Waals surface area (Å²) in [5.41, 5.74) is 0.310. The van der Waals surface area contributed by atoms with Gasteiger partial charge in [-0.15, -0.1) is 0 Å². The van der Waals surface area contributed by atoms with Gasteiger partial charge in [-0.25, -0.2) is 0 Å². The van der Waals surface area contributed by atoms with Gasteiger partial charge < -0.3 is 14.7 Å². The SMILES string of the molecule is CN(C)CCN1CCCN(C(=O)C23CC4CC(C)(CC2(C)C4)C3)CC1=O. The van der Waals surface area contributed by atoms with Crippen molar-refractivity contribution in [3.05, 3.63) is 0 Å². The minimum Gasteiger partial charge on any atom is -0.340 e. The first kappa shape index (κ1) is 18.3. The summed E-state index contributed by atoms with van der Waals surface area (Å²) in [5.74, 6) is 1.15. The average Bonchev–Trinajstić information content (AvgIpc) is 2.73. The Morgan fingerprint density at radius 1 is 1.15 bits per heavy atom. The quantitative estimate of drug-likeness (QED) is 0.771. The molecule has 2 amide bonds. The van der Waals surface area contributed by atoms with Crippen LogP contribution in [0.1, 0.15) is 52.4 Å². The first-order valence-electron chi connectivity index (χ1n) is 10.4. The lowest BCUT2D eigenvalue weighted by molar-refractivity contribution is -0.150. The average molecular weight is 362 g/mol. The Hall–Kier alpha value is -1.10. The number of carbonyl (C=O) groups excluding carboxylic acids is 2. The number of rotatable bonds is 4. The van der Waals surface area contributed by atoms with Crippen LogP contribution in [0.4, 0.5) is 0 Å². The molecule has 0 N–H and O–H groups in total. The van der Waals surface area contributed by atoms with E-state index in [4.69, 9.17) is 0 Å². The van der Waals surface area contributed by atoms with Crippen LogP contribution in [0.25, 0.3) is 0 Å². The standard InChI is InChI=1S/C21H35N3O2/c1-19-10-16-11-20(2,14-19)21(12-16,15-19)18(26)24-7-5-6-23(17(25)13-24)9-8-22(3)4/h16H,5-15H2,1-4H3. The fourth-order valence-corrected chi connectivity index (χ4v) is 7.26. The summed E-state index contributed by atoms with van der Waals surface area (Å²) in [6, 6.07) is 0. The molecule has 5 aliphatic rings. The van der Waals surface area contributed by atoms with Gasteiger partial charge in [0.15, 0.2) is 0 Å². The monoisotopic (exact) mass is 361 g/mol. The lowest BCUT2D eigenvalue weighted by atomic mass is 9.67. The highest BCUT2D eigenvalue weighted by Crippen LogP contribution is 2.76. The first-order valence-corrected chi connectivity index (χ1v) is 10.4. The summed E-state index contributed by atoms with van der Waals surface area (Å²) >= 11 is 0. The summed E-state index contributed by atoms with van der Waals surface area (Å²) < 4.78 is 0. The van der Waals surface area contributed by atoms with Gasteiger partial charge in [0.2, 0.25) is 11.8 Å². The number of hydrogen-bond donors (Lipinski definition) is 0. The van der Waals surface area contributed by atoms with E-state index in [2.05, 4.69) is 18.7 Å². The predicted octanol–water partition coefficient (Wildman–Crippen LogP) is 2.22. The van der Waals surface area contributed by atoms with Crippen molar-refractivity contribution in [1.82, 2.24) is 14.7 Å². The van der Waals surface area contributed by atoms with Crippen molar-refractivity contribution >= 4 is 11.8 Å². The van der Waals surface area contributed by atoms with Crippen LogP contribution >= 0.6 is 0 Å². The summed E-state index contributed by atoms with van der Waals surface area (Å²) in [7, 11) is 4.06. The van der Waals surface area contributed by atoms with E-state index in [1.165, 1.54) is 19.3 Å². The van der Waals surface area contributed by atoms with Gasteiger partial charge in [-0.05, 0) is 69.4 Å². The van der Waals surface area contributed by atoms with Gasteiger partial charge in [-0.2, -0.15) is 0 Å². The van der Waals surface area contributed by atoms with Gasteiger partial charge in [-0.1, -0.05) is 13.8 Å². The van der Waals surface area contributed by atoms with E-state index in [9.17, 15) is 9.59 Å². The molecule has 5 nitrogen and oxygen atoms in total. The van der Waals surface area contributed by atoms with Crippen molar-refractivity contribution in [1.29, 1.82) is 0 Å². The van der Waals surface area contributed by atoms with Gasteiger partial charge >= 0.3 is 0 Å². The molecule has 4 aliphatic carbocycles. The second-order valence-electron chi connectivity index (χ2n) is 10.5. The van der Waals surface area contributed by atoms with Crippen LogP contribution in [0.3, 0.4) is 0 Å². The zero-order valence-electron chi connectivity index (χ0n) is 17.0. The van der Waals surface area contributed by atoms with Crippen LogP contribution in [0.2, 0.25) is 0 Å². The minimum atomic E-state index is -0.191. The molecule has 4 bridgehead atoms. The lowest BCUT2D eigenvalue weighted by Crippen LogP contribution is -2.50. The van der Waals surface area contributed by atoms with Gasteiger partial charge in [0.05, 0.1) is 12.0 Å². The zero-order chi connectivity index (χ0) is 18.7. The van der Waals surface area contributed by atoms with Crippen molar-refractivity contribution in [3.8, 4) is 0 Å². The highest BCUT2D eigenvalue weighted by molar-refractivity contribution is 5.89. The van der Waals surface area contributed by atoms with E-state index in [1.54, 1.807) is 0 Å². The van der Waals surface area contributed by atoms with Gasteiger partial charge in [0, 0.05) is 26.2 Å². The maximum atomic E-state index is 13.7. The molecule has 0 aromatic carbocycles. The lowest BCUT2D eigenvalue weighted by Gasteiger charge is -2.40. The maximum absolute atomic E-state index is 13.7. The number of nitrogens with zero attached hydrogens (tertiary/aromatic N) is 3. The van der Waals surface area contributed by atoms with Crippen LogP contribution in [0.5, 0.6) is 0 Å². The molecule has 0 aromatic rings. The van der Waals surface area contributed by atoms with E-state index < -0.39 is 0 Å². The molecule has 5 rings (SSSR count). The molecule has 146 valence electrons. The largest absolute Gasteiger partial charge is 0.340 e. The van der Waals surface area contributed by atoms with E-state index in [-0.39, 0.29) is 23.3 Å². The Morgan fingerprint density at radius 2 is 1.92 bits per heavy atom. The van der Waals surface area contributed by atoms with Gasteiger partial charge in [0.25, 0.3) is 0 Å². The van der Waals surface area contributed by atoms with Crippen LogP contribution in [0.15, 0.2) is 0 Å². The Balaban J connectivity index is 1.50. The van der Waals surface area contributed by atoms with E-state index in [1.807, 2.05) is 23.9 Å². The molecule has 4 saturated carbocycles. The Kier molecular flexibility index (Phi) is 4.18. The van der Waals surface area contributed by atoms with Crippen molar-refractivity contribution in [3.63, 3.8) is 0 Å². The predicted molar refractivity (Wildman–Crippen MR) is 102 cm³/mol. The number of carbonyl (C=O) groups is 2. The highest BCUT2D eigenvalue weighted by Gasteiger charge is 2.71. The molecular formula is C21H35N3O2. The summed E-state index contributed by atoms with van der Waals surface area (Å²) in [4.78, 5) is 32.5. The number of amides is 2. The van der Waals surface area contributed by atoms with Crippen molar-refractivity contribution in [2.75, 3.05) is 46.8 Å². The summed E-state index contributed by atoms with van der Waals surface area (Å²) in [5, 5.41) is 0. The fraction of sp³-hybridized carbons (Fsp3) is 0.905. The third-order valence-corrected chi connectivity index (χ3v) is 7.91. The smallest absolute Gasteiger partial charge is 0.242 e. The number of hydrogen-bond acceptors (Lipinski definition) is 3. The molecule has 1 aliphatic heterocycles. The summed E-state index contributed by atoms with van der Waals surface area (Å²) in [6.45, 7) is 8.19. The molecular weight excluding hydrogens is 326 g/mol. The second kappa shape index (κ2) is 5.95. The fourth-order valence-electron chi connectivity index (χ4n) is 7.26. The van der Waals surface area contributed by atoms with Crippen LogP contribution in [-0.2, 0) is 9.59 Å². The minimum absolute atomic E-state index is 0.128. The van der Waals surface area contributed by atoms with E-state index in [0.29, 0.717) is 11.3 Å². The van der Waals surface area contributed by atoms with Crippen molar-refractivity contribution in [2.45, 2.75) is 52.4 Å². The third-order valence-electron chi connectivity index (χ3n) is 7.91. The molecule has 1 saturated heterocycles. The zero-order valence-corrected chi connectivity index (χ0v) is 17.0. The molecule has 4 unspecified atom stereocenters. The Morgan fingerprint density at radius 3 is 2.62 bits per heavy atom. The van der Waals surface area contributed by atoms with E-state index >= 15 is 0 Å². The van der Waals surface area contributed by atoms with Crippen LogP contribution < -0.4 is 0 Å². The van der Waals surface area contributed by atoms with Crippen molar-refractivity contribution < 1.29 is 9.59 Å².